The van der Waals surface area contributed by atoms with Crippen molar-refractivity contribution in [1.82, 2.24) is 9.55 Å². The number of imidazole rings is 1. The molecule has 2 N–H and O–H groups in total. The van der Waals surface area contributed by atoms with E-state index in [0.717, 1.165) is 6.07 Å². The number of hydrogen-bond acceptors (Lipinski definition) is 4. The second-order valence-electron chi connectivity index (χ2n) is 4.17. The molecule has 2 aromatic rings. The first kappa shape index (κ1) is 15.4. The van der Waals surface area contributed by atoms with Crippen LogP contribution in [-0.4, -0.2) is 22.1 Å². The zero-order valence-corrected chi connectivity index (χ0v) is 12.9. The summed E-state index contributed by atoms with van der Waals surface area (Å²) >= 11 is 2.98. The lowest BCUT2D eigenvalue weighted by Gasteiger charge is -2.10. The summed E-state index contributed by atoms with van der Waals surface area (Å²) in [6, 6.07) is 1.95. The number of nitrogens with zero attached hydrogens (tertiary/aromatic N) is 2. The van der Waals surface area contributed by atoms with Crippen molar-refractivity contribution >= 4 is 27.7 Å². The molecule has 0 saturated heterocycles. The highest BCUT2D eigenvalue weighted by atomic mass is 79.9. The summed E-state index contributed by atoms with van der Waals surface area (Å²) in [6.45, 7) is 3.37. The third kappa shape index (κ3) is 2.76. The Kier molecular flexibility index (Phi) is 4.26. The molecule has 0 aliphatic heterocycles. The number of aromatic nitrogens is 2. The summed E-state index contributed by atoms with van der Waals surface area (Å²) in [5.74, 6) is -2.04. The lowest BCUT2D eigenvalue weighted by Crippen LogP contribution is -2.10. The molecular formula is C13H12BrF2N3O2. The number of carbonyl (C=O) groups excluding carboxylic acids is 1. The molecule has 0 radical (unpaired) electrons. The molecule has 0 amide bonds. The predicted octanol–water partition coefficient (Wildman–Crippen LogP) is 2.98. The second kappa shape index (κ2) is 5.80. The third-order valence-electron chi connectivity index (χ3n) is 2.78. The normalized spacial score (nSPS) is 10.7. The third-order valence-corrected chi connectivity index (χ3v) is 3.39. The summed E-state index contributed by atoms with van der Waals surface area (Å²) < 4.78 is 33.4. The van der Waals surface area contributed by atoms with Crippen LogP contribution in [0.15, 0.2) is 16.6 Å². The monoisotopic (exact) mass is 359 g/mol. The van der Waals surface area contributed by atoms with Crippen LogP contribution in [0.3, 0.4) is 0 Å². The molecule has 0 atom stereocenters. The van der Waals surface area contributed by atoms with Crippen LogP contribution in [0, 0.1) is 18.6 Å². The van der Waals surface area contributed by atoms with E-state index in [-0.39, 0.29) is 34.1 Å². The van der Waals surface area contributed by atoms with E-state index in [4.69, 9.17) is 10.5 Å². The molecule has 0 aliphatic rings. The first-order chi connectivity index (χ1) is 9.86. The molecule has 21 heavy (non-hydrogen) atoms. The number of aryl methyl sites for hydroxylation is 1. The topological polar surface area (TPSA) is 70.1 Å². The molecule has 0 unspecified atom stereocenters. The van der Waals surface area contributed by atoms with E-state index >= 15 is 0 Å². The zero-order valence-electron chi connectivity index (χ0n) is 11.3. The highest BCUT2D eigenvalue weighted by molar-refractivity contribution is 9.10. The van der Waals surface area contributed by atoms with E-state index in [2.05, 4.69) is 20.9 Å². The molecule has 0 fully saturated rings. The predicted molar refractivity (Wildman–Crippen MR) is 76.3 cm³/mol. The Hall–Kier alpha value is -1.96. The summed E-state index contributed by atoms with van der Waals surface area (Å²) in [5, 5.41) is 0. The molecule has 8 heteroatoms. The molecule has 1 aromatic heterocycles. The minimum absolute atomic E-state index is 0.0127. The van der Waals surface area contributed by atoms with E-state index in [0.29, 0.717) is 0 Å². The van der Waals surface area contributed by atoms with Gasteiger partial charge in [-0.2, -0.15) is 0 Å². The standard InChI is InChI=1S/C13H12BrF2N3O2/c1-3-21-13(20)11-12(17)19(6(2)18-11)10-4-7(14)8(15)5-9(10)16/h4-5H,3,17H2,1-2H3. The second-order valence-corrected chi connectivity index (χ2v) is 5.02. The first-order valence-electron chi connectivity index (χ1n) is 6.03. The van der Waals surface area contributed by atoms with Gasteiger partial charge in [0.2, 0.25) is 0 Å². The Morgan fingerprint density at radius 2 is 2.10 bits per heavy atom. The SMILES string of the molecule is CCOC(=O)c1nc(C)n(-c2cc(Br)c(F)cc2F)c1N. The van der Waals surface area contributed by atoms with E-state index in [9.17, 15) is 13.6 Å². The average molecular weight is 360 g/mol. The smallest absolute Gasteiger partial charge is 0.360 e. The lowest BCUT2D eigenvalue weighted by atomic mass is 10.3. The van der Waals surface area contributed by atoms with Gasteiger partial charge >= 0.3 is 5.97 Å². The van der Waals surface area contributed by atoms with Crippen molar-refractivity contribution < 1.29 is 18.3 Å². The molecule has 1 heterocycles. The largest absolute Gasteiger partial charge is 0.461 e. The maximum atomic E-state index is 14.0. The molecule has 0 spiro atoms. The number of esters is 1. The Bertz CT molecular complexity index is 716. The molecule has 112 valence electrons. The number of hydrogen-bond donors (Lipinski definition) is 1. The van der Waals surface area contributed by atoms with Gasteiger partial charge in [-0.15, -0.1) is 0 Å². The maximum absolute atomic E-state index is 14.0. The number of halogens is 3. The fourth-order valence-corrected chi connectivity index (χ4v) is 2.22. The quantitative estimate of drug-likeness (QED) is 0.675. The Labute approximate surface area is 127 Å². The van der Waals surface area contributed by atoms with Gasteiger partial charge < -0.3 is 10.5 Å². The fraction of sp³-hybridized carbons (Fsp3) is 0.231. The Morgan fingerprint density at radius 3 is 2.71 bits per heavy atom. The van der Waals surface area contributed by atoms with Crippen LogP contribution >= 0.6 is 15.9 Å². The molecule has 0 bridgehead atoms. The van der Waals surface area contributed by atoms with Crippen LogP contribution in [-0.2, 0) is 4.74 Å². The van der Waals surface area contributed by atoms with Crippen molar-refractivity contribution in [3.05, 3.63) is 39.8 Å². The van der Waals surface area contributed by atoms with Gasteiger partial charge in [-0.1, -0.05) is 0 Å². The van der Waals surface area contributed by atoms with E-state index in [1.54, 1.807) is 13.8 Å². The first-order valence-corrected chi connectivity index (χ1v) is 6.83. The van der Waals surface area contributed by atoms with Crippen molar-refractivity contribution in [2.75, 3.05) is 12.3 Å². The van der Waals surface area contributed by atoms with Crippen LogP contribution in [0.2, 0.25) is 0 Å². The van der Waals surface area contributed by atoms with Crippen LogP contribution in [0.4, 0.5) is 14.6 Å². The van der Waals surface area contributed by atoms with Crippen molar-refractivity contribution in [3.63, 3.8) is 0 Å². The van der Waals surface area contributed by atoms with Crippen molar-refractivity contribution in [2.24, 2.45) is 0 Å². The molecule has 1 aromatic carbocycles. The van der Waals surface area contributed by atoms with E-state index in [1.165, 1.54) is 10.6 Å². The summed E-state index contributed by atoms with van der Waals surface area (Å²) in [7, 11) is 0. The van der Waals surface area contributed by atoms with Gasteiger partial charge in [0.05, 0.1) is 16.8 Å². The van der Waals surface area contributed by atoms with Crippen molar-refractivity contribution in [1.29, 1.82) is 0 Å². The van der Waals surface area contributed by atoms with Gasteiger partial charge in [0, 0.05) is 6.07 Å². The lowest BCUT2D eigenvalue weighted by molar-refractivity contribution is 0.0521. The van der Waals surface area contributed by atoms with Crippen LogP contribution < -0.4 is 5.73 Å². The van der Waals surface area contributed by atoms with Gasteiger partial charge in [-0.25, -0.2) is 18.6 Å². The van der Waals surface area contributed by atoms with Crippen LogP contribution in [0.25, 0.3) is 5.69 Å². The van der Waals surface area contributed by atoms with Crippen molar-refractivity contribution in [3.8, 4) is 5.69 Å². The number of nitrogen functional groups attached to an aromatic ring is 1. The zero-order chi connectivity index (χ0) is 15.7. The summed E-state index contributed by atoms with van der Waals surface area (Å²) in [6.07, 6.45) is 0. The van der Waals surface area contributed by atoms with Crippen LogP contribution in [0.5, 0.6) is 0 Å². The number of rotatable bonds is 3. The molecule has 2 rings (SSSR count). The van der Waals surface area contributed by atoms with Gasteiger partial charge in [-0.05, 0) is 35.8 Å². The van der Waals surface area contributed by atoms with Crippen molar-refractivity contribution in [2.45, 2.75) is 13.8 Å². The van der Waals surface area contributed by atoms with Gasteiger partial charge in [0.25, 0.3) is 0 Å². The maximum Gasteiger partial charge on any atom is 0.360 e. The van der Waals surface area contributed by atoms with Gasteiger partial charge in [-0.3, -0.25) is 4.57 Å². The fourth-order valence-electron chi connectivity index (χ4n) is 1.89. The minimum atomic E-state index is -0.821. The summed E-state index contributed by atoms with van der Waals surface area (Å²) in [4.78, 5) is 15.7. The molecule has 5 nitrogen and oxygen atoms in total. The number of carbonyl (C=O) groups is 1. The van der Waals surface area contributed by atoms with Crippen LogP contribution in [0.1, 0.15) is 23.2 Å². The molecular weight excluding hydrogens is 348 g/mol. The Morgan fingerprint density at radius 1 is 1.43 bits per heavy atom. The van der Waals surface area contributed by atoms with Gasteiger partial charge in [0.15, 0.2) is 5.69 Å². The highest BCUT2D eigenvalue weighted by Gasteiger charge is 2.22. The average Bonchev–Trinajstić information content (AvgIpc) is 2.70. The van der Waals surface area contributed by atoms with E-state index in [1.807, 2.05) is 0 Å². The minimum Gasteiger partial charge on any atom is -0.461 e. The number of benzene rings is 1. The van der Waals surface area contributed by atoms with Gasteiger partial charge in [0.1, 0.15) is 23.3 Å². The number of nitrogens with two attached hydrogens (primary N) is 1. The van der Waals surface area contributed by atoms with E-state index < -0.39 is 17.6 Å². The molecule has 0 saturated carbocycles. The number of anilines is 1. The molecule has 0 aliphatic carbocycles. The Balaban J connectivity index is 2.60. The summed E-state index contributed by atoms with van der Waals surface area (Å²) in [5.41, 5.74) is 5.73. The number of ether oxygens (including phenoxy) is 1. The highest BCUT2D eigenvalue weighted by Crippen LogP contribution is 2.27.